The molecule has 1 unspecified atom stereocenters. The third-order valence-corrected chi connectivity index (χ3v) is 3.78. The summed E-state index contributed by atoms with van der Waals surface area (Å²) in [6, 6.07) is 6.01. The molecule has 4 nitrogen and oxygen atoms in total. The number of aromatic nitrogens is 1. The highest BCUT2D eigenvalue weighted by Gasteiger charge is 2.10. The maximum absolute atomic E-state index is 6.04. The highest BCUT2D eigenvalue weighted by Crippen LogP contribution is 2.27. The summed E-state index contributed by atoms with van der Waals surface area (Å²) in [5, 5.41) is 1.98. The Balaban J connectivity index is 2.13. The van der Waals surface area contributed by atoms with Gasteiger partial charge in [-0.15, -0.1) is 11.3 Å². The average Bonchev–Trinajstić information content (AvgIpc) is 2.99. The average molecular weight is 292 g/mol. The van der Waals surface area contributed by atoms with Crippen molar-refractivity contribution >= 4 is 11.3 Å². The van der Waals surface area contributed by atoms with Crippen LogP contribution < -0.4 is 15.2 Å². The van der Waals surface area contributed by atoms with Gasteiger partial charge in [0.15, 0.2) is 0 Å². The summed E-state index contributed by atoms with van der Waals surface area (Å²) >= 11 is 1.57. The molecule has 0 spiro atoms. The van der Waals surface area contributed by atoms with Crippen LogP contribution in [-0.2, 0) is 13.0 Å². The molecule has 1 atom stereocenters. The Morgan fingerprint density at radius 2 is 2.25 bits per heavy atom. The molecule has 0 saturated carbocycles. The second kappa shape index (κ2) is 7.26. The quantitative estimate of drug-likeness (QED) is 0.852. The molecule has 0 fully saturated rings. The van der Waals surface area contributed by atoms with E-state index in [-0.39, 0.29) is 6.04 Å². The molecule has 0 aliphatic carbocycles. The van der Waals surface area contributed by atoms with Gasteiger partial charge in [-0.05, 0) is 24.5 Å². The summed E-state index contributed by atoms with van der Waals surface area (Å²) in [5.41, 5.74) is 9.88. The van der Waals surface area contributed by atoms with Crippen molar-refractivity contribution in [2.24, 2.45) is 5.73 Å². The van der Waals surface area contributed by atoms with Crippen LogP contribution in [0.5, 0.6) is 11.5 Å². The monoisotopic (exact) mass is 292 g/mol. The van der Waals surface area contributed by atoms with E-state index in [2.05, 4.69) is 11.9 Å². The van der Waals surface area contributed by atoms with E-state index in [9.17, 15) is 0 Å². The van der Waals surface area contributed by atoms with Crippen molar-refractivity contribution in [3.8, 4) is 11.5 Å². The predicted molar refractivity (Wildman–Crippen MR) is 81.4 cm³/mol. The van der Waals surface area contributed by atoms with Crippen LogP contribution in [-0.4, -0.2) is 18.1 Å². The number of benzene rings is 1. The summed E-state index contributed by atoms with van der Waals surface area (Å²) in [4.78, 5) is 4.22. The first-order valence-corrected chi connectivity index (χ1v) is 7.59. The van der Waals surface area contributed by atoms with E-state index >= 15 is 0 Å². The number of hydrogen-bond acceptors (Lipinski definition) is 5. The van der Waals surface area contributed by atoms with Crippen LogP contribution in [0.3, 0.4) is 0 Å². The van der Waals surface area contributed by atoms with Crippen LogP contribution in [0, 0.1) is 0 Å². The number of methoxy groups -OCH3 is 1. The molecule has 1 aromatic carbocycles. The fourth-order valence-corrected chi connectivity index (χ4v) is 2.40. The summed E-state index contributed by atoms with van der Waals surface area (Å²) < 4.78 is 11.1. The van der Waals surface area contributed by atoms with E-state index in [0.29, 0.717) is 6.61 Å². The minimum Gasteiger partial charge on any atom is -0.497 e. The highest BCUT2D eigenvalue weighted by molar-refractivity contribution is 7.07. The first-order chi connectivity index (χ1) is 9.72. The largest absolute Gasteiger partial charge is 0.497 e. The minimum atomic E-state index is 0.144. The SMILES string of the molecule is CCC(N)Cc1ccc(OC)cc1OCc1cscn1. The van der Waals surface area contributed by atoms with E-state index in [1.54, 1.807) is 24.0 Å². The van der Waals surface area contributed by atoms with Gasteiger partial charge < -0.3 is 15.2 Å². The van der Waals surface area contributed by atoms with Gasteiger partial charge in [-0.3, -0.25) is 0 Å². The molecular weight excluding hydrogens is 272 g/mol. The Hall–Kier alpha value is -1.59. The summed E-state index contributed by atoms with van der Waals surface area (Å²) in [7, 11) is 1.65. The Bertz CT molecular complexity index is 529. The van der Waals surface area contributed by atoms with Gasteiger partial charge in [-0.25, -0.2) is 4.98 Å². The number of nitrogens with two attached hydrogens (primary N) is 1. The van der Waals surface area contributed by atoms with Gasteiger partial charge in [0.05, 0.1) is 18.3 Å². The van der Waals surface area contributed by atoms with Gasteiger partial charge in [0.2, 0.25) is 0 Å². The molecule has 2 N–H and O–H groups in total. The highest BCUT2D eigenvalue weighted by atomic mass is 32.1. The fourth-order valence-electron chi connectivity index (χ4n) is 1.85. The molecule has 5 heteroatoms. The van der Waals surface area contributed by atoms with E-state index < -0.39 is 0 Å². The van der Waals surface area contributed by atoms with Crippen molar-refractivity contribution in [2.75, 3.05) is 7.11 Å². The lowest BCUT2D eigenvalue weighted by Gasteiger charge is -2.15. The number of rotatable bonds is 7. The molecular formula is C15H20N2O2S. The van der Waals surface area contributed by atoms with Crippen molar-refractivity contribution in [3.05, 3.63) is 40.3 Å². The molecule has 0 radical (unpaired) electrons. The van der Waals surface area contributed by atoms with Gasteiger partial charge in [-0.2, -0.15) is 0 Å². The zero-order valence-electron chi connectivity index (χ0n) is 11.8. The van der Waals surface area contributed by atoms with Gasteiger partial charge >= 0.3 is 0 Å². The lowest BCUT2D eigenvalue weighted by Crippen LogP contribution is -2.21. The van der Waals surface area contributed by atoms with Crippen LogP contribution in [0.2, 0.25) is 0 Å². The maximum atomic E-state index is 6.04. The van der Waals surface area contributed by atoms with Crippen molar-refractivity contribution in [1.29, 1.82) is 0 Å². The summed E-state index contributed by atoms with van der Waals surface area (Å²) in [6.07, 6.45) is 1.74. The molecule has 0 saturated heterocycles. The molecule has 0 aliphatic rings. The molecule has 0 bridgehead atoms. The second-order valence-electron chi connectivity index (χ2n) is 4.61. The number of nitrogens with zero attached hydrogens (tertiary/aromatic N) is 1. The van der Waals surface area contributed by atoms with Gasteiger partial charge in [0.1, 0.15) is 18.1 Å². The fraction of sp³-hybridized carbons (Fsp3) is 0.400. The zero-order valence-corrected chi connectivity index (χ0v) is 12.7. The van der Waals surface area contributed by atoms with Crippen LogP contribution >= 0.6 is 11.3 Å². The first-order valence-electron chi connectivity index (χ1n) is 6.65. The molecule has 2 aromatic rings. The second-order valence-corrected chi connectivity index (χ2v) is 5.33. The third-order valence-electron chi connectivity index (χ3n) is 3.14. The summed E-state index contributed by atoms with van der Waals surface area (Å²) in [6.45, 7) is 2.55. The third kappa shape index (κ3) is 3.95. The lowest BCUT2D eigenvalue weighted by molar-refractivity contribution is 0.295. The Labute approximate surface area is 123 Å². The molecule has 108 valence electrons. The van der Waals surface area contributed by atoms with Gasteiger partial charge in [0, 0.05) is 17.5 Å². The predicted octanol–water partition coefficient (Wildman–Crippen LogP) is 3.01. The van der Waals surface area contributed by atoms with Crippen LogP contribution in [0.1, 0.15) is 24.6 Å². The standard InChI is InChI=1S/C15H20N2O2S/c1-3-12(16)6-11-4-5-14(18-2)7-15(11)19-8-13-9-20-10-17-13/h4-5,7,9-10,12H,3,6,8,16H2,1-2H3. The molecule has 2 rings (SSSR count). The van der Waals surface area contributed by atoms with E-state index in [1.165, 1.54) is 0 Å². The number of thiazole rings is 1. The number of ether oxygens (including phenoxy) is 2. The van der Waals surface area contributed by atoms with Crippen LogP contribution in [0.4, 0.5) is 0 Å². The van der Waals surface area contributed by atoms with Gasteiger partial charge in [-0.1, -0.05) is 13.0 Å². The van der Waals surface area contributed by atoms with E-state index in [4.69, 9.17) is 15.2 Å². The zero-order chi connectivity index (χ0) is 14.4. The first kappa shape index (κ1) is 14.8. The summed E-state index contributed by atoms with van der Waals surface area (Å²) in [5.74, 6) is 1.60. The smallest absolute Gasteiger partial charge is 0.131 e. The van der Waals surface area contributed by atoms with Gasteiger partial charge in [0.25, 0.3) is 0 Å². The van der Waals surface area contributed by atoms with E-state index in [1.807, 2.05) is 23.6 Å². The normalized spacial score (nSPS) is 12.2. The Morgan fingerprint density at radius 3 is 2.90 bits per heavy atom. The van der Waals surface area contributed by atoms with Crippen molar-refractivity contribution < 1.29 is 9.47 Å². The Morgan fingerprint density at radius 1 is 1.40 bits per heavy atom. The van der Waals surface area contributed by atoms with Crippen molar-refractivity contribution in [3.63, 3.8) is 0 Å². The topological polar surface area (TPSA) is 57.4 Å². The molecule has 1 heterocycles. The van der Waals surface area contributed by atoms with Crippen molar-refractivity contribution in [2.45, 2.75) is 32.4 Å². The van der Waals surface area contributed by atoms with Crippen LogP contribution in [0.25, 0.3) is 0 Å². The maximum Gasteiger partial charge on any atom is 0.131 e. The lowest BCUT2D eigenvalue weighted by atomic mass is 10.0. The minimum absolute atomic E-state index is 0.144. The van der Waals surface area contributed by atoms with E-state index in [0.717, 1.165) is 35.6 Å². The molecule has 20 heavy (non-hydrogen) atoms. The number of hydrogen-bond donors (Lipinski definition) is 1. The molecule has 0 amide bonds. The molecule has 0 aliphatic heterocycles. The Kier molecular flexibility index (Phi) is 5.38. The van der Waals surface area contributed by atoms with Crippen LogP contribution in [0.15, 0.2) is 29.1 Å². The van der Waals surface area contributed by atoms with Crippen molar-refractivity contribution in [1.82, 2.24) is 4.98 Å². The molecule has 1 aromatic heterocycles.